The molecule has 2 aliphatic heterocycles. The molecule has 0 spiro atoms. The molecule has 2 N–H and O–H groups in total. The summed E-state index contributed by atoms with van der Waals surface area (Å²) < 4.78 is 0. The summed E-state index contributed by atoms with van der Waals surface area (Å²) in [7, 11) is 0. The minimum Gasteiger partial charge on any atom is -0.355 e. The second-order valence-corrected chi connectivity index (χ2v) is 10.3. The minimum atomic E-state index is -0.358. The Bertz CT molecular complexity index is 620. The Morgan fingerprint density at radius 3 is 1.46 bits per heavy atom. The predicted molar refractivity (Wildman–Crippen MR) is 142 cm³/mol. The van der Waals surface area contributed by atoms with E-state index in [9.17, 15) is 19.2 Å². The van der Waals surface area contributed by atoms with E-state index in [1.54, 1.807) is 0 Å². The molecule has 2 atom stereocenters. The number of hydrogen-bond acceptors (Lipinski definition) is 4. The third kappa shape index (κ3) is 14.4. The van der Waals surface area contributed by atoms with Gasteiger partial charge in [-0.3, -0.25) is 19.2 Å². The molecule has 0 bridgehead atoms. The average Bonchev–Trinajstić information content (AvgIpc) is 3.08. The van der Waals surface area contributed by atoms with Crippen molar-refractivity contribution in [3.05, 3.63) is 0 Å². The lowest BCUT2D eigenvalue weighted by atomic mass is 9.91. The topological polar surface area (TPSA) is 92.3 Å². The number of amides is 2. The van der Waals surface area contributed by atoms with Gasteiger partial charge in [-0.2, -0.15) is 0 Å². The molecule has 0 aromatic heterocycles. The fourth-order valence-corrected chi connectivity index (χ4v) is 4.83. The standard InChI is InChI=1S/C15H27NO2.C14H25NO2/c1-2-3-4-5-6-7-11-14(17)13-10-8-9-12-16-15(13)18;1-2-3-4-5-6-7-10-13(16)12-9-8-11-15-14(12)17/h13H,2-12H2,1H3,(H,16,18);12H,2-11H2,1H3,(H,15,17). The SMILES string of the molecule is CCCCCCCCC(=O)C1CCCCNC1=O.CCCCCCCCC(=O)C1CCCNC1=O. The molecular weight excluding hydrogens is 440 g/mol. The van der Waals surface area contributed by atoms with E-state index in [1.807, 2.05) is 0 Å². The number of piperidine rings is 1. The van der Waals surface area contributed by atoms with Gasteiger partial charge < -0.3 is 10.6 Å². The van der Waals surface area contributed by atoms with Crippen LogP contribution in [0, 0.1) is 11.8 Å². The van der Waals surface area contributed by atoms with Crippen molar-refractivity contribution < 1.29 is 19.2 Å². The number of carbonyl (C=O) groups excluding carboxylic acids is 4. The van der Waals surface area contributed by atoms with Crippen LogP contribution in [0.5, 0.6) is 0 Å². The molecule has 35 heavy (non-hydrogen) atoms. The first-order valence-corrected chi connectivity index (χ1v) is 14.6. The molecule has 2 aliphatic rings. The van der Waals surface area contributed by atoms with Crippen molar-refractivity contribution >= 4 is 23.4 Å². The highest BCUT2D eigenvalue weighted by Gasteiger charge is 2.28. The first-order valence-electron chi connectivity index (χ1n) is 14.6. The number of carbonyl (C=O) groups is 4. The molecule has 2 fully saturated rings. The number of unbranched alkanes of at least 4 members (excludes halogenated alkanes) is 10. The fraction of sp³-hybridized carbons (Fsp3) is 0.862. The van der Waals surface area contributed by atoms with Crippen LogP contribution in [-0.4, -0.2) is 36.5 Å². The molecule has 202 valence electrons. The zero-order valence-electron chi connectivity index (χ0n) is 22.6. The molecule has 2 saturated heterocycles. The number of rotatable bonds is 16. The molecule has 2 rings (SSSR count). The maximum Gasteiger partial charge on any atom is 0.230 e. The molecule has 6 nitrogen and oxygen atoms in total. The van der Waals surface area contributed by atoms with Crippen LogP contribution in [0.1, 0.15) is 136 Å². The molecule has 0 saturated carbocycles. The van der Waals surface area contributed by atoms with Gasteiger partial charge in [-0.05, 0) is 38.5 Å². The largest absolute Gasteiger partial charge is 0.355 e. The van der Waals surface area contributed by atoms with Gasteiger partial charge in [-0.15, -0.1) is 0 Å². The second-order valence-electron chi connectivity index (χ2n) is 10.3. The maximum absolute atomic E-state index is 12.0. The van der Waals surface area contributed by atoms with Crippen LogP contribution in [0.4, 0.5) is 0 Å². The van der Waals surface area contributed by atoms with Crippen LogP contribution < -0.4 is 10.6 Å². The van der Waals surface area contributed by atoms with E-state index in [0.717, 1.165) is 70.9 Å². The van der Waals surface area contributed by atoms with Crippen molar-refractivity contribution in [2.45, 2.75) is 136 Å². The van der Waals surface area contributed by atoms with E-state index >= 15 is 0 Å². The Morgan fingerprint density at radius 1 is 0.600 bits per heavy atom. The summed E-state index contributed by atoms with van der Waals surface area (Å²) in [6.45, 7) is 5.87. The highest BCUT2D eigenvalue weighted by Crippen LogP contribution is 2.18. The number of nitrogens with one attached hydrogen (secondary N) is 2. The molecule has 0 aliphatic carbocycles. The Morgan fingerprint density at radius 2 is 1.00 bits per heavy atom. The van der Waals surface area contributed by atoms with E-state index in [2.05, 4.69) is 24.5 Å². The van der Waals surface area contributed by atoms with Gasteiger partial charge in [-0.25, -0.2) is 0 Å². The van der Waals surface area contributed by atoms with Gasteiger partial charge in [0.25, 0.3) is 0 Å². The quantitative estimate of drug-likeness (QED) is 0.202. The Labute approximate surface area is 214 Å². The van der Waals surface area contributed by atoms with Crippen molar-refractivity contribution in [2.75, 3.05) is 13.1 Å². The van der Waals surface area contributed by atoms with E-state index < -0.39 is 0 Å². The summed E-state index contributed by atoms with van der Waals surface area (Å²) in [5.41, 5.74) is 0. The van der Waals surface area contributed by atoms with E-state index in [-0.39, 0.29) is 35.2 Å². The number of Topliss-reactive ketones (excluding diaryl/α,β-unsaturated/α-hetero) is 2. The maximum atomic E-state index is 12.0. The molecule has 6 heteroatoms. The summed E-state index contributed by atoms with van der Waals surface area (Å²) in [6, 6.07) is 0. The van der Waals surface area contributed by atoms with Crippen LogP contribution in [0.25, 0.3) is 0 Å². The van der Waals surface area contributed by atoms with E-state index in [0.29, 0.717) is 12.8 Å². The highest BCUT2D eigenvalue weighted by atomic mass is 16.2. The van der Waals surface area contributed by atoms with Crippen molar-refractivity contribution in [1.82, 2.24) is 10.6 Å². The smallest absolute Gasteiger partial charge is 0.230 e. The zero-order chi connectivity index (χ0) is 25.7. The fourth-order valence-electron chi connectivity index (χ4n) is 4.83. The summed E-state index contributed by atoms with van der Waals surface area (Å²) >= 11 is 0. The lowest BCUT2D eigenvalue weighted by molar-refractivity contribution is -0.136. The summed E-state index contributed by atoms with van der Waals surface area (Å²) in [5.74, 6) is -0.485. The van der Waals surface area contributed by atoms with Crippen molar-refractivity contribution in [2.24, 2.45) is 11.8 Å². The zero-order valence-corrected chi connectivity index (χ0v) is 22.6. The monoisotopic (exact) mass is 492 g/mol. The van der Waals surface area contributed by atoms with Gasteiger partial charge in [0, 0.05) is 25.9 Å². The van der Waals surface area contributed by atoms with Crippen molar-refractivity contribution in [1.29, 1.82) is 0 Å². The summed E-state index contributed by atoms with van der Waals surface area (Å²) in [5, 5.41) is 5.61. The molecular formula is C29H52N2O4. The van der Waals surface area contributed by atoms with Crippen molar-refractivity contribution in [3.63, 3.8) is 0 Å². The first-order chi connectivity index (χ1) is 17.0. The Hall–Kier alpha value is -1.72. The highest BCUT2D eigenvalue weighted by molar-refractivity contribution is 6.02. The lowest BCUT2D eigenvalue weighted by Gasteiger charge is -2.20. The normalized spacial score (nSPS) is 20.2. The van der Waals surface area contributed by atoms with E-state index in [1.165, 1.54) is 51.4 Å². The second kappa shape index (κ2) is 20.5. The molecule has 0 radical (unpaired) electrons. The minimum absolute atomic E-state index is 0.0384. The van der Waals surface area contributed by atoms with Crippen molar-refractivity contribution in [3.8, 4) is 0 Å². The van der Waals surface area contributed by atoms with Gasteiger partial charge >= 0.3 is 0 Å². The molecule has 0 aromatic rings. The Kier molecular flexibility index (Phi) is 18.3. The third-order valence-electron chi connectivity index (χ3n) is 7.15. The van der Waals surface area contributed by atoms with Crippen LogP contribution in [0.15, 0.2) is 0 Å². The van der Waals surface area contributed by atoms with Gasteiger partial charge in [0.05, 0.1) is 11.8 Å². The number of ketones is 2. The molecule has 0 aromatic carbocycles. The first kappa shape index (κ1) is 31.3. The summed E-state index contributed by atoms with van der Waals surface area (Å²) in [6.07, 6.45) is 19.8. The molecule has 2 unspecified atom stereocenters. The van der Waals surface area contributed by atoms with Gasteiger partial charge in [0.1, 0.15) is 11.6 Å². The summed E-state index contributed by atoms with van der Waals surface area (Å²) in [4.78, 5) is 47.0. The predicted octanol–water partition coefficient (Wildman–Crippen LogP) is 6.05. The van der Waals surface area contributed by atoms with Crippen LogP contribution in [0.3, 0.4) is 0 Å². The van der Waals surface area contributed by atoms with E-state index in [4.69, 9.17) is 0 Å². The third-order valence-corrected chi connectivity index (χ3v) is 7.15. The van der Waals surface area contributed by atoms with Gasteiger partial charge in [-0.1, -0.05) is 84.5 Å². The average molecular weight is 493 g/mol. The van der Waals surface area contributed by atoms with Crippen LogP contribution in [0.2, 0.25) is 0 Å². The molecule has 2 heterocycles. The molecule has 2 amide bonds. The number of hydrogen-bond donors (Lipinski definition) is 2. The van der Waals surface area contributed by atoms with Gasteiger partial charge in [0.15, 0.2) is 0 Å². The Balaban J connectivity index is 0.000000351. The van der Waals surface area contributed by atoms with Gasteiger partial charge in [0.2, 0.25) is 11.8 Å². The van der Waals surface area contributed by atoms with Crippen LogP contribution >= 0.6 is 0 Å². The van der Waals surface area contributed by atoms with Crippen LogP contribution in [-0.2, 0) is 19.2 Å². The lowest BCUT2D eigenvalue weighted by Crippen LogP contribution is -2.40.